The highest BCUT2D eigenvalue weighted by Gasteiger charge is 2.61. The Morgan fingerprint density at radius 3 is 1.89 bits per heavy atom. The molecule has 1 fully saturated rings. The van der Waals surface area contributed by atoms with Gasteiger partial charge in [-0.15, -0.1) is 0 Å². The van der Waals surface area contributed by atoms with Crippen molar-refractivity contribution in [3.63, 3.8) is 0 Å². The van der Waals surface area contributed by atoms with Crippen molar-refractivity contribution in [1.82, 2.24) is 0 Å². The fraction of sp³-hybridized carbons (Fsp3) is 0.500. The molecule has 1 aliphatic carbocycles. The lowest BCUT2D eigenvalue weighted by Crippen LogP contribution is -2.15. The Kier molecular flexibility index (Phi) is 6.13. The minimum atomic E-state index is -4.56. The zero-order valence-electron chi connectivity index (χ0n) is 15.1. The van der Waals surface area contributed by atoms with E-state index in [1.54, 1.807) is 0 Å². The van der Waals surface area contributed by atoms with Crippen LogP contribution in [0.25, 0.3) is 0 Å². The highest BCUT2D eigenvalue weighted by atomic mass is 19.4. The molecule has 0 heterocycles. The standard InChI is InChI=1S/C18H17F7O3/c1-17(2)10(4-5-18(23,24)25)11(17)16(26)28-7-9-14(21)12(19)8(6-27-3)13(20)15(9)22/h4-5,10-11H,6-7H2,1-3H3/b5-4+/t10-,11+/m1/s1. The monoisotopic (exact) mass is 414 g/mol. The Bertz CT molecular complexity index is 770. The van der Waals surface area contributed by atoms with E-state index in [4.69, 9.17) is 4.74 Å². The number of hydrogen-bond acceptors (Lipinski definition) is 3. The molecule has 0 bridgehead atoms. The summed E-state index contributed by atoms with van der Waals surface area (Å²) in [5, 5.41) is 0. The van der Waals surface area contributed by atoms with Crippen molar-refractivity contribution in [1.29, 1.82) is 0 Å². The van der Waals surface area contributed by atoms with Gasteiger partial charge >= 0.3 is 12.1 Å². The van der Waals surface area contributed by atoms with Crippen LogP contribution in [0.4, 0.5) is 30.7 Å². The number of halogens is 7. The van der Waals surface area contributed by atoms with E-state index in [0.29, 0.717) is 0 Å². The van der Waals surface area contributed by atoms with Crippen molar-refractivity contribution in [2.24, 2.45) is 17.3 Å². The average Bonchev–Trinajstić information content (AvgIpc) is 3.15. The number of allylic oxidation sites excluding steroid dienone is 2. The largest absolute Gasteiger partial charge is 0.460 e. The molecule has 0 saturated heterocycles. The molecule has 156 valence electrons. The lowest BCUT2D eigenvalue weighted by Gasteiger charge is -2.12. The maximum Gasteiger partial charge on any atom is 0.409 e. The molecular weight excluding hydrogens is 397 g/mol. The third-order valence-electron chi connectivity index (χ3n) is 4.75. The fourth-order valence-corrected chi connectivity index (χ4v) is 3.05. The van der Waals surface area contributed by atoms with Gasteiger partial charge in [0.15, 0.2) is 23.3 Å². The van der Waals surface area contributed by atoms with Crippen molar-refractivity contribution in [2.75, 3.05) is 7.11 Å². The van der Waals surface area contributed by atoms with Crippen LogP contribution in [-0.2, 0) is 27.5 Å². The Hall–Kier alpha value is -2.10. The highest BCUT2D eigenvalue weighted by Crippen LogP contribution is 2.59. The highest BCUT2D eigenvalue weighted by molar-refractivity contribution is 5.78. The molecule has 0 spiro atoms. The predicted octanol–water partition coefficient (Wildman–Crippen LogP) is 4.82. The molecule has 2 atom stereocenters. The van der Waals surface area contributed by atoms with Crippen LogP contribution in [0.15, 0.2) is 12.2 Å². The fourth-order valence-electron chi connectivity index (χ4n) is 3.05. The Labute approximate surface area is 156 Å². The second kappa shape index (κ2) is 7.73. The van der Waals surface area contributed by atoms with Crippen LogP contribution in [0.5, 0.6) is 0 Å². The Morgan fingerprint density at radius 2 is 1.46 bits per heavy atom. The van der Waals surface area contributed by atoms with Gasteiger partial charge in [0.1, 0.15) is 6.61 Å². The lowest BCUT2D eigenvalue weighted by atomic mass is 10.1. The third-order valence-corrected chi connectivity index (χ3v) is 4.75. The van der Waals surface area contributed by atoms with Crippen LogP contribution in [-0.4, -0.2) is 19.3 Å². The van der Waals surface area contributed by atoms with Crippen LogP contribution in [0.3, 0.4) is 0 Å². The van der Waals surface area contributed by atoms with E-state index in [1.807, 2.05) is 0 Å². The van der Waals surface area contributed by atoms with E-state index < -0.39 is 77.0 Å². The molecule has 0 aromatic heterocycles. The first-order valence-electron chi connectivity index (χ1n) is 8.08. The number of benzene rings is 1. The quantitative estimate of drug-likeness (QED) is 0.290. The molecule has 1 aromatic rings. The predicted molar refractivity (Wildman–Crippen MR) is 82.7 cm³/mol. The van der Waals surface area contributed by atoms with Crippen molar-refractivity contribution >= 4 is 5.97 Å². The zero-order valence-corrected chi connectivity index (χ0v) is 15.1. The molecule has 0 radical (unpaired) electrons. The van der Waals surface area contributed by atoms with Gasteiger partial charge in [0, 0.05) is 13.2 Å². The molecule has 3 nitrogen and oxygen atoms in total. The van der Waals surface area contributed by atoms with Gasteiger partial charge in [-0.3, -0.25) is 4.79 Å². The van der Waals surface area contributed by atoms with Gasteiger partial charge in [-0.1, -0.05) is 19.9 Å². The van der Waals surface area contributed by atoms with E-state index in [2.05, 4.69) is 4.74 Å². The number of rotatable bonds is 6. The normalized spacial score (nSPS) is 21.2. The summed E-state index contributed by atoms with van der Waals surface area (Å²) in [6, 6.07) is 0. The van der Waals surface area contributed by atoms with Gasteiger partial charge in [0.05, 0.1) is 23.7 Å². The summed E-state index contributed by atoms with van der Waals surface area (Å²) in [6.07, 6.45) is -3.75. The summed E-state index contributed by atoms with van der Waals surface area (Å²) in [6.45, 7) is 1.21. The number of methoxy groups -OCH3 is 1. The maximum atomic E-state index is 14.0. The van der Waals surface area contributed by atoms with Crippen LogP contribution in [0.2, 0.25) is 0 Å². The molecule has 1 saturated carbocycles. The van der Waals surface area contributed by atoms with Crippen molar-refractivity contribution < 1.29 is 45.0 Å². The van der Waals surface area contributed by atoms with Crippen molar-refractivity contribution in [3.05, 3.63) is 46.5 Å². The summed E-state index contributed by atoms with van der Waals surface area (Å²) in [5.74, 6) is -9.63. The maximum absolute atomic E-state index is 14.0. The molecule has 2 rings (SSSR count). The number of alkyl halides is 3. The number of hydrogen-bond donors (Lipinski definition) is 0. The molecule has 28 heavy (non-hydrogen) atoms. The smallest absolute Gasteiger partial charge is 0.409 e. The molecule has 0 N–H and O–H groups in total. The van der Waals surface area contributed by atoms with Gasteiger partial charge in [0.2, 0.25) is 0 Å². The van der Waals surface area contributed by atoms with E-state index in [1.165, 1.54) is 13.8 Å². The van der Waals surface area contributed by atoms with Crippen LogP contribution < -0.4 is 0 Å². The molecule has 10 heteroatoms. The van der Waals surface area contributed by atoms with Crippen molar-refractivity contribution in [2.45, 2.75) is 33.2 Å². The molecule has 0 aliphatic heterocycles. The molecular formula is C18H17F7O3. The first-order valence-corrected chi connectivity index (χ1v) is 8.08. The third kappa shape index (κ3) is 4.31. The number of esters is 1. The van der Waals surface area contributed by atoms with E-state index >= 15 is 0 Å². The van der Waals surface area contributed by atoms with E-state index in [-0.39, 0.29) is 6.08 Å². The number of carbonyl (C=O) groups is 1. The van der Waals surface area contributed by atoms with Crippen LogP contribution >= 0.6 is 0 Å². The summed E-state index contributed by atoms with van der Waals surface area (Å²) in [5.41, 5.74) is -2.95. The van der Waals surface area contributed by atoms with Gasteiger partial charge in [-0.05, 0) is 11.3 Å². The van der Waals surface area contributed by atoms with Crippen molar-refractivity contribution in [3.8, 4) is 0 Å². The lowest BCUT2D eigenvalue weighted by molar-refractivity contribution is -0.147. The number of carbonyl (C=O) groups excluding carboxylic acids is 1. The molecule has 0 amide bonds. The minimum Gasteiger partial charge on any atom is -0.460 e. The Balaban J connectivity index is 2.15. The van der Waals surface area contributed by atoms with E-state index in [9.17, 15) is 35.5 Å². The molecule has 0 unspecified atom stereocenters. The average molecular weight is 414 g/mol. The molecule has 1 aromatic carbocycles. The van der Waals surface area contributed by atoms with Crippen LogP contribution in [0.1, 0.15) is 25.0 Å². The van der Waals surface area contributed by atoms with Gasteiger partial charge in [-0.2, -0.15) is 13.2 Å². The minimum absolute atomic E-state index is 0.00862. The van der Waals surface area contributed by atoms with Crippen LogP contribution in [0, 0.1) is 40.5 Å². The topological polar surface area (TPSA) is 35.5 Å². The summed E-state index contributed by atoms with van der Waals surface area (Å²) in [7, 11) is 1.07. The second-order valence-corrected chi connectivity index (χ2v) is 6.98. The van der Waals surface area contributed by atoms with E-state index in [0.717, 1.165) is 13.2 Å². The Morgan fingerprint density at radius 1 is 1.00 bits per heavy atom. The van der Waals surface area contributed by atoms with Gasteiger partial charge < -0.3 is 9.47 Å². The summed E-state index contributed by atoms with van der Waals surface area (Å²) in [4.78, 5) is 12.1. The summed E-state index contributed by atoms with van der Waals surface area (Å²) < 4.78 is 102. The first-order chi connectivity index (χ1) is 12.8. The van der Waals surface area contributed by atoms with Gasteiger partial charge in [-0.25, -0.2) is 17.6 Å². The molecule has 1 aliphatic rings. The van der Waals surface area contributed by atoms with Gasteiger partial charge in [0.25, 0.3) is 0 Å². The summed E-state index contributed by atoms with van der Waals surface area (Å²) >= 11 is 0. The second-order valence-electron chi connectivity index (χ2n) is 6.98. The first kappa shape index (κ1) is 22.2. The number of ether oxygens (including phenoxy) is 2. The zero-order chi connectivity index (χ0) is 21.4. The SMILES string of the molecule is COCc1c(F)c(F)c(COC(=O)[C@@H]2[C@@H](/C=C/C(F)(F)F)C2(C)C)c(F)c1F.